The van der Waals surface area contributed by atoms with Crippen LogP contribution in [0.2, 0.25) is 0 Å². The number of fused-ring (bicyclic) bond motifs is 1. The molecule has 0 aromatic heterocycles. The largest absolute Gasteiger partial charge is 0.496 e. The lowest BCUT2D eigenvalue weighted by Gasteiger charge is -2.43. The number of benzene rings is 1. The van der Waals surface area contributed by atoms with Crippen LogP contribution >= 0.6 is 11.6 Å². The van der Waals surface area contributed by atoms with Crippen molar-refractivity contribution in [1.82, 2.24) is 10.2 Å². The summed E-state index contributed by atoms with van der Waals surface area (Å²) in [5.41, 5.74) is 0.0153. The maximum atomic E-state index is 13.1. The number of amides is 2. The number of ether oxygens (including phenoxy) is 3. The van der Waals surface area contributed by atoms with Crippen LogP contribution in [0.4, 0.5) is 0 Å². The molecule has 0 saturated carbocycles. The highest BCUT2D eigenvalue weighted by atomic mass is 35.5. The molecule has 1 aromatic rings. The van der Waals surface area contributed by atoms with Gasteiger partial charge in [-0.05, 0) is 26.0 Å². The molecule has 0 bridgehead atoms. The summed E-state index contributed by atoms with van der Waals surface area (Å²) in [6.07, 6.45) is 0. The van der Waals surface area contributed by atoms with Crippen LogP contribution in [-0.4, -0.2) is 73.6 Å². The van der Waals surface area contributed by atoms with Crippen molar-refractivity contribution in [2.75, 3.05) is 20.3 Å². The summed E-state index contributed by atoms with van der Waals surface area (Å²) in [5.74, 6) is -2.01. The Morgan fingerprint density at radius 2 is 1.77 bits per heavy atom. The topological polar surface area (TPSA) is 128 Å². The molecule has 12 heteroatoms. The highest BCUT2D eigenvalue weighted by Gasteiger charge is 2.72. The molecule has 0 radical (unpaired) electrons. The lowest BCUT2D eigenvalue weighted by atomic mass is 9.95. The first-order valence-electron chi connectivity index (χ1n) is 8.84. The summed E-state index contributed by atoms with van der Waals surface area (Å²) in [7, 11) is -1.32. The maximum absolute atomic E-state index is 13.1. The van der Waals surface area contributed by atoms with Gasteiger partial charge in [-0.15, -0.1) is 0 Å². The van der Waals surface area contributed by atoms with Gasteiger partial charge in [0.15, 0.2) is 21.3 Å². The number of carbonyl (C=O) groups excluding carboxylic acids is 3. The normalized spacial score (nSPS) is 25.7. The van der Waals surface area contributed by atoms with Gasteiger partial charge in [-0.1, -0.05) is 17.7 Å². The predicted octanol–water partition coefficient (Wildman–Crippen LogP) is 0.286. The van der Waals surface area contributed by atoms with Gasteiger partial charge >= 0.3 is 5.97 Å². The summed E-state index contributed by atoms with van der Waals surface area (Å²) >= 11 is 5.42. The molecule has 3 atom stereocenters. The number of β-lactam (4-membered cyclic amide) rings is 1. The van der Waals surface area contributed by atoms with E-state index in [0.29, 0.717) is 0 Å². The standard InChI is InChI=1S/C18H21ClN2O8S/c1-18(2)13(17(24)29-8-19)21-15(23)12(16(21)30(18,25)26)20-14(22)11-9(27-3)6-5-7-10(11)28-4/h5-7,12-13,16H,8H2,1-4H3,(H,20,22)/t12-,13+,16-/m1/s1. The molecule has 2 saturated heterocycles. The van der Waals surface area contributed by atoms with E-state index in [1.807, 2.05) is 0 Å². The first kappa shape index (κ1) is 22.2. The third-order valence-electron chi connectivity index (χ3n) is 5.43. The molecule has 1 N–H and O–H groups in total. The van der Waals surface area contributed by atoms with E-state index < -0.39 is 55.9 Å². The quantitative estimate of drug-likeness (QED) is 0.364. The van der Waals surface area contributed by atoms with Crippen LogP contribution < -0.4 is 14.8 Å². The summed E-state index contributed by atoms with van der Waals surface area (Å²) in [6.45, 7) is 2.66. The number of methoxy groups -OCH3 is 2. The van der Waals surface area contributed by atoms with Gasteiger partial charge in [0.2, 0.25) is 5.91 Å². The minimum atomic E-state index is -4.04. The summed E-state index contributed by atoms with van der Waals surface area (Å²) in [6, 6.07) is 1.45. The Bertz CT molecular complexity index is 987. The van der Waals surface area contributed by atoms with Gasteiger partial charge in [0.1, 0.15) is 33.9 Å². The molecule has 30 heavy (non-hydrogen) atoms. The fraction of sp³-hybridized carbons (Fsp3) is 0.500. The number of alkyl halides is 1. The molecule has 2 amide bonds. The highest BCUT2D eigenvalue weighted by molar-refractivity contribution is 7.94. The third kappa shape index (κ3) is 2.99. The Labute approximate surface area is 178 Å². The summed E-state index contributed by atoms with van der Waals surface area (Å²) < 4.78 is 39.6. The van der Waals surface area contributed by atoms with Gasteiger partial charge in [0.25, 0.3) is 5.91 Å². The highest BCUT2D eigenvalue weighted by Crippen LogP contribution is 2.46. The molecule has 1 aromatic carbocycles. The van der Waals surface area contributed by atoms with Gasteiger partial charge in [-0.3, -0.25) is 9.59 Å². The molecule has 0 unspecified atom stereocenters. The lowest BCUT2D eigenvalue weighted by Crippen LogP contribution is -2.72. The van der Waals surface area contributed by atoms with Crippen LogP contribution in [0.1, 0.15) is 24.2 Å². The van der Waals surface area contributed by atoms with E-state index in [4.69, 9.17) is 25.8 Å². The van der Waals surface area contributed by atoms with Crippen LogP contribution in [0.3, 0.4) is 0 Å². The fourth-order valence-corrected chi connectivity index (χ4v) is 6.16. The lowest BCUT2D eigenvalue weighted by molar-refractivity contribution is -0.162. The molecular formula is C18H21ClN2O8S. The molecule has 2 aliphatic rings. The molecule has 2 fully saturated rings. The average molecular weight is 461 g/mol. The minimum Gasteiger partial charge on any atom is -0.496 e. The predicted molar refractivity (Wildman–Crippen MR) is 105 cm³/mol. The van der Waals surface area contributed by atoms with Crippen LogP contribution in [0, 0.1) is 0 Å². The van der Waals surface area contributed by atoms with E-state index in [1.54, 1.807) is 6.07 Å². The first-order chi connectivity index (χ1) is 14.0. The Morgan fingerprint density at radius 3 is 2.27 bits per heavy atom. The van der Waals surface area contributed by atoms with Crippen molar-refractivity contribution in [2.24, 2.45) is 0 Å². The minimum absolute atomic E-state index is 0.0153. The zero-order valence-corrected chi connectivity index (χ0v) is 18.2. The van der Waals surface area contributed by atoms with Gasteiger partial charge in [0.05, 0.1) is 14.2 Å². The number of hydrogen-bond acceptors (Lipinski definition) is 8. The van der Waals surface area contributed by atoms with E-state index in [2.05, 4.69) is 5.32 Å². The van der Waals surface area contributed by atoms with Crippen LogP contribution in [0.25, 0.3) is 0 Å². The van der Waals surface area contributed by atoms with Crippen molar-refractivity contribution in [3.63, 3.8) is 0 Å². The van der Waals surface area contributed by atoms with Crippen LogP contribution in [0.5, 0.6) is 11.5 Å². The van der Waals surface area contributed by atoms with Crippen molar-refractivity contribution in [3.05, 3.63) is 23.8 Å². The molecule has 164 valence electrons. The Balaban J connectivity index is 1.94. The maximum Gasteiger partial charge on any atom is 0.331 e. The Hall–Kier alpha value is -2.53. The molecule has 0 aliphatic carbocycles. The van der Waals surface area contributed by atoms with Gasteiger partial charge in [-0.25, -0.2) is 13.2 Å². The summed E-state index contributed by atoms with van der Waals surface area (Å²) in [4.78, 5) is 38.9. The SMILES string of the molecule is COc1cccc(OC)c1C(=O)N[C@@H]1C(=O)N2[C@@H](C(=O)OCCl)C(C)(C)S(=O)(=O)[C@H]12. The monoisotopic (exact) mass is 460 g/mol. The fourth-order valence-electron chi connectivity index (χ4n) is 3.84. The molecule has 2 aliphatic heterocycles. The van der Waals surface area contributed by atoms with E-state index in [-0.39, 0.29) is 17.1 Å². The number of carbonyl (C=O) groups is 3. The second kappa shape index (κ2) is 7.62. The zero-order valence-electron chi connectivity index (χ0n) is 16.7. The number of rotatable bonds is 6. The van der Waals surface area contributed by atoms with Crippen molar-refractivity contribution in [1.29, 1.82) is 0 Å². The molecule has 2 heterocycles. The van der Waals surface area contributed by atoms with Crippen molar-refractivity contribution in [3.8, 4) is 11.5 Å². The molecule has 3 rings (SSSR count). The van der Waals surface area contributed by atoms with E-state index in [9.17, 15) is 22.8 Å². The number of esters is 1. The van der Waals surface area contributed by atoms with E-state index in [1.165, 1.54) is 40.2 Å². The number of nitrogens with zero attached hydrogens (tertiary/aromatic N) is 1. The number of hydrogen-bond donors (Lipinski definition) is 1. The van der Waals surface area contributed by atoms with Gasteiger partial charge < -0.3 is 24.4 Å². The van der Waals surface area contributed by atoms with Gasteiger partial charge in [-0.2, -0.15) is 0 Å². The zero-order chi connectivity index (χ0) is 22.4. The third-order valence-corrected chi connectivity index (χ3v) is 8.36. The summed E-state index contributed by atoms with van der Waals surface area (Å²) in [5, 5.41) is 1.04. The first-order valence-corrected chi connectivity index (χ1v) is 10.9. The molecular weight excluding hydrogens is 440 g/mol. The van der Waals surface area contributed by atoms with Crippen LogP contribution in [-0.2, 0) is 24.2 Å². The van der Waals surface area contributed by atoms with Gasteiger partial charge in [0, 0.05) is 0 Å². The smallest absolute Gasteiger partial charge is 0.331 e. The van der Waals surface area contributed by atoms with Crippen LogP contribution in [0.15, 0.2) is 18.2 Å². The van der Waals surface area contributed by atoms with Crippen molar-refractivity contribution in [2.45, 2.75) is 36.1 Å². The van der Waals surface area contributed by atoms with E-state index >= 15 is 0 Å². The van der Waals surface area contributed by atoms with Crippen molar-refractivity contribution >= 4 is 39.2 Å². The number of halogens is 1. The van der Waals surface area contributed by atoms with E-state index in [0.717, 1.165) is 4.90 Å². The number of nitrogens with one attached hydrogen (secondary N) is 1. The second-order valence-electron chi connectivity index (χ2n) is 7.25. The Kier molecular flexibility index (Phi) is 5.63. The Morgan fingerprint density at radius 1 is 1.20 bits per heavy atom. The molecule has 0 spiro atoms. The molecule has 10 nitrogen and oxygen atoms in total. The number of sulfone groups is 1. The van der Waals surface area contributed by atoms with Crippen molar-refractivity contribution < 1.29 is 37.0 Å². The second-order valence-corrected chi connectivity index (χ2v) is 10.1. The average Bonchev–Trinajstić information content (AvgIpc) is 2.85.